The van der Waals surface area contributed by atoms with Crippen molar-refractivity contribution in [1.29, 1.82) is 0 Å². The topological polar surface area (TPSA) is 55.6 Å². The minimum atomic E-state index is -0.478. The number of benzene rings is 1. The molecule has 23 heavy (non-hydrogen) atoms. The van der Waals surface area contributed by atoms with Crippen LogP contribution in [0.25, 0.3) is 0 Å². The lowest BCUT2D eigenvalue weighted by Crippen LogP contribution is -2.48. The standard InChI is InChI=1S/C18H28N2O2.ClH/c1-18(2,15-7-4-3-5-8-15)17(21)20-12-9-16(10-13-20)22-14-6-11-19;/h3-5,7-8,16H,6,9-14,19H2,1-2H3;1H. The summed E-state index contributed by atoms with van der Waals surface area (Å²) < 4.78 is 5.80. The van der Waals surface area contributed by atoms with Gasteiger partial charge in [0.05, 0.1) is 11.5 Å². The molecule has 0 aromatic heterocycles. The van der Waals surface area contributed by atoms with Crippen molar-refractivity contribution in [1.82, 2.24) is 4.90 Å². The van der Waals surface area contributed by atoms with Crippen molar-refractivity contribution in [2.75, 3.05) is 26.2 Å². The molecule has 1 amide bonds. The largest absolute Gasteiger partial charge is 0.378 e. The Bertz CT molecular complexity index is 471. The number of hydrogen-bond donors (Lipinski definition) is 1. The summed E-state index contributed by atoms with van der Waals surface area (Å²) in [5.41, 5.74) is 6.07. The second kappa shape index (κ2) is 9.26. The molecule has 0 spiro atoms. The van der Waals surface area contributed by atoms with Crippen LogP contribution in [-0.4, -0.2) is 43.2 Å². The molecule has 0 saturated carbocycles. The third-order valence-electron chi connectivity index (χ3n) is 4.46. The fourth-order valence-electron chi connectivity index (χ4n) is 2.93. The second-order valence-electron chi connectivity index (χ2n) is 6.50. The highest BCUT2D eigenvalue weighted by Crippen LogP contribution is 2.27. The molecule has 1 aliphatic heterocycles. The minimum Gasteiger partial charge on any atom is -0.378 e. The summed E-state index contributed by atoms with van der Waals surface area (Å²) in [6.45, 7) is 6.97. The molecule has 1 aromatic carbocycles. The van der Waals surface area contributed by atoms with Gasteiger partial charge >= 0.3 is 0 Å². The van der Waals surface area contributed by atoms with Gasteiger partial charge in [-0.05, 0) is 45.2 Å². The van der Waals surface area contributed by atoms with Gasteiger partial charge in [0.1, 0.15) is 0 Å². The van der Waals surface area contributed by atoms with Crippen molar-refractivity contribution in [3.63, 3.8) is 0 Å². The molecule has 2 rings (SSSR count). The number of halogens is 1. The Labute approximate surface area is 145 Å². The van der Waals surface area contributed by atoms with Crippen LogP contribution in [-0.2, 0) is 14.9 Å². The first kappa shape index (κ1) is 19.9. The summed E-state index contributed by atoms with van der Waals surface area (Å²) in [5, 5.41) is 0. The molecule has 1 fully saturated rings. The van der Waals surface area contributed by atoms with Crippen LogP contribution in [0.1, 0.15) is 38.7 Å². The zero-order valence-electron chi connectivity index (χ0n) is 14.2. The van der Waals surface area contributed by atoms with Gasteiger partial charge < -0.3 is 15.4 Å². The van der Waals surface area contributed by atoms with Crippen LogP contribution < -0.4 is 5.73 Å². The van der Waals surface area contributed by atoms with E-state index in [1.807, 2.05) is 49.1 Å². The molecule has 4 nitrogen and oxygen atoms in total. The number of nitrogens with zero attached hydrogens (tertiary/aromatic N) is 1. The quantitative estimate of drug-likeness (QED) is 0.810. The number of hydrogen-bond acceptors (Lipinski definition) is 3. The number of rotatable bonds is 6. The van der Waals surface area contributed by atoms with E-state index in [2.05, 4.69) is 0 Å². The van der Waals surface area contributed by atoms with Gasteiger partial charge in [0.25, 0.3) is 0 Å². The number of likely N-dealkylation sites (tertiary alicyclic amines) is 1. The summed E-state index contributed by atoms with van der Waals surface area (Å²) in [6, 6.07) is 10.0. The zero-order valence-corrected chi connectivity index (χ0v) is 15.0. The lowest BCUT2D eigenvalue weighted by molar-refractivity contribution is -0.139. The summed E-state index contributed by atoms with van der Waals surface area (Å²) in [5.74, 6) is 0.208. The van der Waals surface area contributed by atoms with E-state index in [4.69, 9.17) is 10.5 Å². The molecule has 1 saturated heterocycles. The fourth-order valence-corrected chi connectivity index (χ4v) is 2.93. The molecule has 1 aliphatic rings. The van der Waals surface area contributed by atoms with Crippen LogP contribution in [0, 0.1) is 0 Å². The lowest BCUT2D eigenvalue weighted by Gasteiger charge is -2.37. The third-order valence-corrected chi connectivity index (χ3v) is 4.46. The van der Waals surface area contributed by atoms with E-state index >= 15 is 0 Å². The molecule has 0 bridgehead atoms. The predicted octanol–water partition coefficient (Wildman–Crippen LogP) is 2.74. The van der Waals surface area contributed by atoms with Gasteiger partial charge in [-0.3, -0.25) is 4.79 Å². The molecule has 0 aliphatic carbocycles. The van der Waals surface area contributed by atoms with E-state index in [0.29, 0.717) is 6.54 Å². The maximum Gasteiger partial charge on any atom is 0.232 e. The summed E-state index contributed by atoms with van der Waals surface area (Å²) in [6.07, 6.45) is 3.01. The Hall–Kier alpha value is -1.10. The zero-order chi connectivity index (χ0) is 16.0. The van der Waals surface area contributed by atoms with E-state index in [-0.39, 0.29) is 24.4 Å². The van der Waals surface area contributed by atoms with Crippen LogP contribution in [0.5, 0.6) is 0 Å². The first-order valence-corrected chi connectivity index (χ1v) is 8.22. The number of nitrogens with two attached hydrogens (primary N) is 1. The molecule has 0 unspecified atom stereocenters. The van der Waals surface area contributed by atoms with Gasteiger partial charge in [-0.2, -0.15) is 0 Å². The molecule has 1 heterocycles. The van der Waals surface area contributed by atoms with Crippen molar-refractivity contribution in [3.8, 4) is 0 Å². The number of piperidine rings is 1. The van der Waals surface area contributed by atoms with Crippen molar-refractivity contribution in [3.05, 3.63) is 35.9 Å². The van der Waals surface area contributed by atoms with Gasteiger partial charge in [-0.25, -0.2) is 0 Å². The predicted molar refractivity (Wildman–Crippen MR) is 95.9 cm³/mol. The first-order valence-electron chi connectivity index (χ1n) is 8.22. The molecule has 5 heteroatoms. The van der Waals surface area contributed by atoms with E-state index in [9.17, 15) is 4.79 Å². The van der Waals surface area contributed by atoms with Gasteiger partial charge in [0, 0.05) is 19.7 Å². The maximum absolute atomic E-state index is 12.9. The highest BCUT2D eigenvalue weighted by atomic mass is 35.5. The number of carbonyl (C=O) groups excluding carboxylic acids is 1. The number of amides is 1. The van der Waals surface area contributed by atoms with Crippen LogP contribution >= 0.6 is 12.4 Å². The monoisotopic (exact) mass is 340 g/mol. The Morgan fingerprint density at radius 1 is 1.26 bits per heavy atom. The van der Waals surface area contributed by atoms with Gasteiger partial charge in [-0.1, -0.05) is 30.3 Å². The summed E-state index contributed by atoms with van der Waals surface area (Å²) >= 11 is 0. The minimum absolute atomic E-state index is 0. The Kier molecular flexibility index (Phi) is 8.03. The van der Waals surface area contributed by atoms with E-state index in [1.54, 1.807) is 0 Å². The fraction of sp³-hybridized carbons (Fsp3) is 0.611. The SMILES string of the molecule is CC(C)(C(=O)N1CCC(OCCCN)CC1)c1ccccc1.Cl. The average molecular weight is 341 g/mol. The highest BCUT2D eigenvalue weighted by Gasteiger charge is 2.35. The first-order chi connectivity index (χ1) is 10.6. The van der Waals surface area contributed by atoms with Crippen LogP contribution in [0.4, 0.5) is 0 Å². The van der Waals surface area contributed by atoms with E-state index < -0.39 is 5.41 Å². The highest BCUT2D eigenvalue weighted by molar-refractivity contribution is 5.87. The Morgan fingerprint density at radius 3 is 2.43 bits per heavy atom. The van der Waals surface area contributed by atoms with Crippen molar-refractivity contribution < 1.29 is 9.53 Å². The molecule has 1 aromatic rings. The molecule has 2 N–H and O–H groups in total. The smallest absolute Gasteiger partial charge is 0.232 e. The van der Waals surface area contributed by atoms with Crippen molar-refractivity contribution in [2.45, 2.75) is 44.6 Å². The number of ether oxygens (including phenoxy) is 1. The molecular weight excluding hydrogens is 312 g/mol. The van der Waals surface area contributed by atoms with Crippen molar-refractivity contribution >= 4 is 18.3 Å². The van der Waals surface area contributed by atoms with Gasteiger partial charge in [0.2, 0.25) is 5.91 Å². The van der Waals surface area contributed by atoms with Gasteiger partial charge in [-0.15, -0.1) is 12.4 Å². The second-order valence-corrected chi connectivity index (χ2v) is 6.50. The summed E-state index contributed by atoms with van der Waals surface area (Å²) in [7, 11) is 0. The van der Waals surface area contributed by atoms with Crippen LogP contribution in [0.3, 0.4) is 0 Å². The molecule has 0 atom stereocenters. The maximum atomic E-state index is 12.9. The molecule has 130 valence electrons. The number of carbonyl (C=O) groups is 1. The van der Waals surface area contributed by atoms with Crippen LogP contribution in [0.15, 0.2) is 30.3 Å². The average Bonchev–Trinajstić information content (AvgIpc) is 2.56. The lowest BCUT2D eigenvalue weighted by atomic mass is 9.82. The molecular formula is C18H29ClN2O2. The normalized spacial score (nSPS) is 16.0. The van der Waals surface area contributed by atoms with E-state index in [0.717, 1.165) is 44.5 Å². The van der Waals surface area contributed by atoms with Crippen LogP contribution in [0.2, 0.25) is 0 Å². The Morgan fingerprint density at radius 2 is 1.87 bits per heavy atom. The summed E-state index contributed by atoms with van der Waals surface area (Å²) in [4.78, 5) is 14.8. The Balaban J connectivity index is 0.00000264. The van der Waals surface area contributed by atoms with Gasteiger partial charge in [0.15, 0.2) is 0 Å². The third kappa shape index (κ3) is 5.20. The van der Waals surface area contributed by atoms with Crippen molar-refractivity contribution in [2.24, 2.45) is 5.73 Å². The molecule has 0 radical (unpaired) electrons. The van der Waals surface area contributed by atoms with E-state index in [1.165, 1.54) is 0 Å².